The minimum absolute atomic E-state index is 0.0120. The number of hydrogen-bond donors (Lipinski definition) is 0. The van der Waals surface area contributed by atoms with E-state index in [2.05, 4.69) is 0 Å². The molecule has 28 heavy (non-hydrogen) atoms. The van der Waals surface area contributed by atoms with Crippen LogP contribution < -0.4 is 14.4 Å². The number of amides is 1. The zero-order valence-corrected chi connectivity index (χ0v) is 17.2. The second-order valence-corrected chi connectivity index (χ2v) is 8.77. The van der Waals surface area contributed by atoms with E-state index in [1.807, 2.05) is 31.2 Å². The van der Waals surface area contributed by atoms with Gasteiger partial charge in [-0.2, -0.15) is 4.31 Å². The van der Waals surface area contributed by atoms with Gasteiger partial charge in [-0.3, -0.25) is 4.79 Å². The van der Waals surface area contributed by atoms with Gasteiger partial charge in [0.1, 0.15) is 0 Å². The minimum atomic E-state index is -3.87. The van der Waals surface area contributed by atoms with Crippen molar-refractivity contribution in [2.75, 3.05) is 32.7 Å². The monoisotopic (exact) mass is 404 g/mol. The van der Waals surface area contributed by atoms with E-state index in [0.29, 0.717) is 11.5 Å². The summed E-state index contributed by atoms with van der Waals surface area (Å²) in [7, 11) is 0.450. The van der Waals surface area contributed by atoms with Crippen LogP contribution in [-0.4, -0.2) is 52.5 Å². The lowest BCUT2D eigenvalue weighted by molar-refractivity contribution is -0.118. The van der Waals surface area contributed by atoms with E-state index in [1.54, 1.807) is 4.90 Å². The Morgan fingerprint density at radius 1 is 1.14 bits per heavy atom. The summed E-state index contributed by atoms with van der Waals surface area (Å²) < 4.78 is 37.3. The normalized spacial score (nSPS) is 16.2. The van der Waals surface area contributed by atoms with Gasteiger partial charge in [-0.1, -0.05) is 18.2 Å². The van der Waals surface area contributed by atoms with Crippen molar-refractivity contribution >= 4 is 21.6 Å². The number of carbonyl (C=O) groups is 1. The van der Waals surface area contributed by atoms with Crippen LogP contribution in [0.3, 0.4) is 0 Å². The molecule has 1 amide bonds. The molecule has 150 valence electrons. The topological polar surface area (TPSA) is 76.2 Å². The molecule has 0 spiro atoms. The summed E-state index contributed by atoms with van der Waals surface area (Å²) in [4.78, 5) is 14.6. The van der Waals surface area contributed by atoms with E-state index in [9.17, 15) is 13.2 Å². The summed E-state index contributed by atoms with van der Waals surface area (Å²) in [5.74, 6) is 0.483. The summed E-state index contributed by atoms with van der Waals surface area (Å²) in [6, 6.07) is 12.0. The predicted octanol–water partition coefficient (Wildman–Crippen LogP) is 2.30. The molecule has 0 aromatic heterocycles. The van der Waals surface area contributed by atoms with Gasteiger partial charge in [0, 0.05) is 24.8 Å². The first-order chi connectivity index (χ1) is 13.3. The quantitative estimate of drug-likeness (QED) is 0.738. The lowest BCUT2D eigenvalue weighted by Crippen LogP contribution is -2.43. The van der Waals surface area contributed by atoms with Crippen LogP contribution in [0.15, 0.2) is 47.4 Å². The molecule has 0 saturated carbocycles. The van der Waals surface area contributed by atoms with Crippen LogP contribution in [-0.2, 0) is 21.2 Å². The van der Waals surface area contributed by atoms with Gasteiger partial charge in [-0.15, -0.1) is 0 Å². The average molecular weight is 404 g/mol. The van der Waals surface area contributed by atoms with Gasteiger partial charge >= 0.3 is 0 Å². The number of nitrogens with zero attached hydrogens (tertiary/aromatic N) is 2. The largest absolute Gasteiger partial charge is 0.493 e. The van der Waals surface area contributed by atoms with Gasteiger partial charge < -0.3 is 14.4 Å². The van der Waals surface area contributed by atoms with Gasteiger partial charge in [-0.25, -0.2) is 8.42 Å². The third kappa shape index (κ3) is 3.57. The van der Waals surface area contributed by atoms with Crippen molar-refractivity contribution in [3.05, 3.63) is 48.0 Å². The molecule has 3 rings (SSSR count). The van der Waals surface area contributed by atoms with Crippen LogP contribution >= 0.6 is 0 Å². The van der Waals surface area contributed by atoms with Crippen LogP contribution in [0.2, 0.25) is 0 Å². The van der Waals surface area contributed by atoms with Crippen molar-refractivity contribution < 1.29 is 22.7 Å². The Morgan fingerprint density at radius 3 is 2.50 bits per heavy atom. The highest BCUT2D eigenvalue weighted by molar-refractivity contribution is 7.89. The fraction of sp³-hybridized carbons (Fsp3) is 0.350. The zero-order chi connectivity index (χ0) is 20.5. The number of fused-ring (bicyclic) bond motifs is 1. The Bertz CT molecular complexity index is 990. The molecule has 0 bridgehead atoms. The number of carbonyl (C=O) groups excluding carboxylic acids is 1. The molecule has 0 radical (unpaired) electrons. The van der Waals surface area contributed by atoms with Gasteiger partial charge in [0.05, 0.1) is 25.7 Å². The van der Waals surface area contributed by atoms with Gasteiger partial charge in [-0.05, 0) is 37.1 Å². The van der Waals surface area contributed by atoms with Crippen molar-refractivity contribution in [1.82, 2.24) is 4.31 Å². The molecule has 2 aromatic rings. The van der Waals surface area contributed by atoms with Crippen LogP contribution in [0.1, 0.15) is 12.5 Å². The van der Waals surface area contributed by atoms with Crippen molar-refractivity contribution in [3.63, 3.8) is 0 Å². The van der Waals surface area contributed by atoms with E-state index < -0.39 is 10.0 Å². The highest BCUT2D eigenvalue weighted by atomic mass is 32.2. The number of sulfonamides is 1. The number of para-hydroxylation sites is 1. The highest BCUT2D eigenvalue weighted by Gasteiger charge is 2.33. The number of hydrogen-bond acceptors (Lipinski definition) is 5. The highest BCUT2D eigenvalue weighted by Crippen LogP contribution is 2.33. The summed E-state index contributed by atoms with van der Waals surface area (Å²) in [6.07, 6.45) is 0.758. The van der Waals surface area contributed by atoms with Gasteiger partial charge in [0.25, 0.3) is 0 Å². The molecule has 8 heteroatoms. The molecule has 0 saturated heterocycles. The number of methoxy groups -OCH3 is 2. The summed E-state index contributed by atoms with van der Waals surface area (Å²) >= 11 is 0. The molecule has 1 atom stereocenters. The van der Waals surface area contributed by atoms with E-state index in [-0.39, 0.29) is 23.4 Å². The fourth-order valence-electron chi connectivity index (χ4n) is 3.45. The van der Waals surface area contributed by atoms with E-state index >= 15 is 0 Å². The van der Waals surface area contributed by atoms with Crippen molar-refractivity contribution in [1.29, 1.82) is 0 Å². The molecule has 1 aliphatic heterocycles. The lowest BCUT2D eigenvalue weighted by atomic mass is 10.1. The SMILES string of the molecule is COc1ccc(S(=O)(=O)N(C)CC(=O)N2c3ccccc3CC2C)cc1OC. The maximum absolute atomic E-state index is 12.9. The second kappa shape index (κ2) is 7.81. The van der Waals surface area contributed by atoms with Gasteiger partial charge in [0.15, 0.2) is 11.5 Å². The third-order valence-corrected chi connectivity index (χ3v) is 6.70. The molecule has 1 aliphatic rings. The number of ether oxygens (including phenoxy) is 2. The smallest absolute Gasteiger partial charge is 0.243 e. The zero-order valence-electron chi connectivity index (χ0n) is 16.4. The Balaban J connectivity index is 1.82. The van der Waals surface area contributed by atoms with Crippen LogP contribution in [0.5, 0.6) is 11.5 Å². The molecular weight excluding hydrogens is 380 g/mol. The second-order valence-electron chi connectivity index (χ2n) is 6.72. The summed E-state index contributed by atoms with van der Waals surface area (Å²) in [6.45, 7) is 1.70. The maximum atomic E-state index is 12.9. The molecule has 0 fully saturated rings. The Kier molecular flexibility index (Phi) is 5.62. The molecule has 7 nitrogen and oxygen atoms in total. The minimum Gasteiger partial charge on any atom is -0.493 e. The van der Waals surface area contributed by atoms with Crippen LogP contribution in [0, 0.1) is 0 Å². The Morgan fingerprint density at radius 2 is 1.82 bits per heavy atom. The predicted molar refractivity (Wildman–Crippen MR) is 106 cm³/mol. The Hall–Kier alpha value is -2.58. The molecular formula is C20H24N2O5S. The molecule has 1 heterocycles. The maximum Gasteiger partial charge on any atom is 0.243 e. The fourth-order valence-corrected chi connectivity index (χ4v) is 4.59. The van der Waals surface area contributed by atoms with Crippen LogP contribution in [0.25, 0.3) is 0 Å². The van der Waals surface area contributed by atoms with E-state index in [4.69, 9.17) is 9.47 Å². The van der Waals surface area contributed by atoms with Crippen molar-refractivity contribution in [2.45, 2.75) is 24.3 Å². The van der Waals surface area contributed by atoms with Gasteiger partial charge in [0.2, 0.25) is 15.9 Å². The molecule has 2 aromatic carbocycles. The first-order valence-electron chi connectivity index (χ1n) is 8.88. The molecule has 0 aliphatic carbocycles. The standard InChI is InChI=1S/C20H24N2O5S/c1-14-11-15-7-5-6-8-17(15)22(14)20(23)13-21(2)28(24,25)16-9-10-18(26-3)19(12-16)27-4/h5-10,12,14H,11,13H2,1-4H3. The van der Waals surface area contributed by atoms with E-state index in [1.165, 1.54) is 39.5 Å². The summed E-state index contributed by atoms with van der Waals surface area (Å²) in [5.41, 5.74) is 1.94. The average Bonchev–Trinajstić information content (AvgIpc) is 3.02. The van der Waals surface area contributed by atoms with Crippen molar-refractivity contribution in [3.8, 4) is 11.5 Å². The van der Waals surface area contributed by atoms with Crippen molar-refractivity contribution in [2.24, 2.45) is 0 Å². The number of likely N-dealkylation sites (N-methyl/N-ethyl adjacent to an activating group) is 1. The van der Waals surface area contributed by atoms with E-state index in [0.717, 1.165) is 22.0 Å². The molecule has 1 unspecified atom stereocenters. The Labute approximate surface area is 165 Å². The lowest BCUT2D eigenvalue weighted by Gasteiger charge is -2.25. The number of benzene rings is 2. The first-order valence-corrected chi connectivity index (χ1v) is 10.3. The first kappa shape index (κ1) is 20.2. The van der Waals surface area contributed by atoms with Crippen LogP contribution in [0.4, 0.5) is 5.69 Å². The third-order valence-electron chi connectivity index (χ3n) is 4.90. The summed E-state index contributed by atoms with van der Waals surface area (Å²) in [5, 5.41) is 0. The number of rotatable bonds is 6. The number of anilines is 1. The molecule has 0 N–H and O–H groups in total.